The van der Waals surface area contributed by atoms with Crippen LogP contribution >= 0.6 is 0 Å². The highest BCUT2D eigenvalue weighted by atomic mass is 32.2. The predicted molar refractivity (Wildman–Crippen MR) is 119 cm³/mol. The fraction of sp³-hybridized carbons (Fsp3) is 0.318. The van der Waals surface area contributed by atoms with Crippen molar-refractivity contribution in [2.45, 2.75) is 26.3 Å². The third-order valence-corrected chi connectivity index (χ3v) is 6.01. The van der Waals surface area contributed by atoms with E-state index in [0.29, 0.717) is 23.8 Å². The second-order valence-corrected chi connectivity index (χ2v) is 9.26. The average Bonchev–Trinajstić information content (AvgIpc) is 3.20. The zero-order chi connectivity index (χ0) is 22.4. The molecule has 31 heavy (non-hydrogen) atoms. The number of sulfonamides is 1. The van der Waals surface area contributed by atoms with Crippen LogP contribution < -0.4 is 4.31 Å². The molecule has 3 aromatic rings. The van der Waals surface area contributed by atoms with Crippen LogP contribution in [-0.2, 0) is 21.4 Å². The second kappa shape index (κ2) is 9.74. The minimum Gasteiger partial charge on any atom is -0.337 e. The maximum Gasteiger partial charge on any atom is 0.246 e. The Balaban J connectivity index is 1.56. The molecule has 8 nitrogen and oxygen atoms in total. The number of aromatic nitrogens is 2. The number of aryl methyl sites for hydroxylation is 1. The topological polar surface area (TPSA) is 96.6 Å². The third-order valence-electron chi connectivity index (χ3n) is 4.83. The Morgan fingerprint density at radius 1 is 1.06 bits per heavy atom. The average molecular weight is 443 g/mol. The standard InChI is InChI=1S/C22H26N4O4S/c1-17-10-7-8-13-19(17)26(31(3,28)29)15-9-14-21(27)25(2)16-20-23-22(24-30-20)18-11-5-4-6-12-18/h4-8,10-13H,9,14-16H2,1-3H3. The summed E-state index contributed by atoms with van der Waals surface area (Å²) in [5.41, 5.74) is 2.33. The van der Waals surface area contributed by atoms with Crippen molar-refractivity contribution in [1.29, 1.82) is 0 Å². The monoisotopic (exact) mass is 442 g/mol. The van der Waals surface area contributed by atoms with Crippen molar-refractivity contribution in [3.8, 4) is 11.4 Å². The van der Waals surface area contributed by atoms with E-state index in [1.165, 1.54) is 15.5 Å². The van der Waals surface area contributed by atoms with Crippen molar-refractivity contribution in [2.24, 2.45) is 0 Å². The van der Waals surface area contributed by atoms with Crippen LogP contribution in [0.25, 0.3) is 11.4 Å². The molecule has 0 bridgehead atoms. The summed E-state index contributed by atoms with van der Waals surface area (Å²) in [6.07, 6.45) is 1.77. The predicted octanol–water partition coefficient (Wildman–Crippen LogP) is 3.25. The van der Waals surface area contributed by atoms with Crippen molar-refractivity contribution in [2.75, 3.05) is 24.2 Å². The zero-order valence-corrected chi connectivity index (χ0v) is 18.7. The number of anilines is 1. The molecule has 1 heterocycles. The van der Waals surface area contributed by atoms with Crippen LogP contribution in [0.4, 0.5) is 5.69 Å². The van der Waals surface area contributed by atoms with Gasteiger partial charge in [-0.15, -0.1) is 0 Å². The molecule has 0 saturated carbocycles. The number of hydrogen-bond donors (Lipinski definition) is 0. The van der Waals surface area contributed by atoms with E-state index in [1.807, 2.05) is 49.4 Å². The van der Waals surface area contributed by atoms with Crippen LogP contribution in [0.15, 0.2) is 59.1 Å². The molecule has 164 valence electrons. The Hall–Kier alpha value is -3.20. The maximum atomic E-state index is 12.5. The maximum absolute atomic E-state index is 12.5. The molecule has 0 aliphatic carbocycles. The molecule has 9 heteroatoms. The van der Waals surface area contributed by atoms with Gasteiger partial charge in [-0.3, -0.25) is 9.10 Å². The molecule has 0 unspecified atom stereocenters. The van der Waals surface area contributed by atoms with Crippen LogP contribution in [0.5, 0.6) is 0 Å². The molecule has 0 fully saturated rings. The van der Waals surface area contributed by atoms with Crippen LogP contribution in [-0.4, -0.2) is 49.2 Å². The quantitative estimate of drug-likeness (QED) is 0.505. The summed E-state index contributed by atoms with van der Waals surface area (Å²) >= 11 is 0. The van der Waals surface area contributed by atoms with Gasteiger partial charge in [-0.1, -0.05) is 53.7 Å². The molecule has 0 N–H and O–H groups in total. The van der Waals surface area contributed by atoms with Crippen molar-refractivity contribution < 1.29 is 17.7 Å². The Morgan fingerprint density at radius 2 is 1.74 bits per heavy atom. The highest BCUT2D eigenvalue weighted by Crippen LogP contribution is 2.22. The van der Waals surface area contributed by atoms with Gasteiger partial charge in [0.05, 0.1) is 18.5 Å². The van der Waals surface area contributed by atoms with Crippen LogP contribution in [0.2, 0.25) is 0 Å². The van der Waals surface area contributed by atoms with Gasteiger partial charge in [0, 0.05) is 25.6 Å². The van der Waals surface area contributed by atoms with Gasteiger partial charge in [0.1, 0.15) is 0 Å². The Morgan fingerprint density at radius 3 is 2.42 bits per heavy atom. The molecule has 1 aromatic heterocycles. The summed E-state index contributed by atoms with van der Waals surface area (Å²) in [7, 11) is -1.80. The first-order valence-corrected chi connectivity index (χ1v) is 11.8. The molecular formula is C22H26N4O4S. The normalized spacial score (nSPS) is 11.3. The summed E-state index contributed by atoms with van der Waals surface area (Å²) in [6, 6.07) is 16.7. The third kappa shape index (κ3) is 5.91. The number of carbonyl (C=O) groups excluding carboxylic acids is 1. The minimum atomic E-state index is -3.46. The number of rotatable bonds is 9. The SMILES string of the molecule is Cc1ccccc1N(CCCC(=O)N(C)Cc1nc(-c2ccccc2)no1)S(C)(=O)=O. The van der Waals surface area contributed by atoms with Crippen LogP contribution in [0, 0.1) is 6.92 Å². The number of nitrogens with zero attached hydrogens (tertiary/aromatic N) is 4. The lowest BCUT2D eigenvalue weighted by Crippen LogP contribution is -2.33. The number of para-hydroxylation sites is 1. The van der Waals surface area contributed by atoms with E-state index in [4.69, 9.17) is 4.52 Å². The fourth-order valence-corrected chi connectivity index (χ4v) is 4.21. The Kier molecular flexibility index (Phi) is 7.06. The van der Waals surface area contributed by atoms with E-state index in [2.05, 4.69) is 10.1 Å². The van der Waals surface area contributed by atoms with Gasteiger partial charge >= 0.3 is 0 Å². The van der Waals surface area contributed by atoms with E-state index in [1.54, 1.807) is 19.2 Å². The van der Waals surface area contributed by atoms with Gasteiger partial charge in [0.15, 0.2) is 0 Å². The summed E-state index contributed by atoms with van der Waals surface area (Å²) in [5, 5.41) is 3.96. The van der Waals surface area contributed by atoms with Gasteiger partial charge in [0.2, 0.25) is 27.6 Å². The lowest BCUT2D eigenvalue weighted by atomic mass is 10.2. The van der Waals surface area contributed by atoms with E-state index < -0.39 is 10.0 Å². The summed E-state index contributed by atoms with van der Waals surface area (Å²) < 4.78 is 31.1. The molecule has 3 rings (SSSR count). The lowest BCUT2D eigenvalue weighted by Gasteiger charge is -2.24. The number of carbonyl (C=O) groups is 1. The molecule has 0 saturated heterocycles. The number of benzene rings is 2. The van der Waals surface area contributed by atoms with Crippen LogP contribution in [0.3, 0.4) is 0 Å². The minimum absolute atomic E-state index is 0.127. The summed E-state index contributed by atoms with van der Waals surface area (Å²) in [6.45, 7) is 2.27. The molecule has 0 aliphatic heterocycles. The first-order chi connectivity index (χ1) is 14.8. The molecule has 0 spiro atoms. The molecule has 0 aliphatic rings. The van der Waals surface area contributed by atoms with E-state index >= 15 is 0 Å². The van der Waals surface area contributed by atoms with Crippen molar-refractivity contribution in [1.82, 2.24) is 15.0 Å². The summed E-state index contributed by atoms with van der Waals surface area (Å²) in [4.78, 5) is 18.4. The van der Waals surface area contributed by atoms with Gasteiger partial charge in [-0.2, -0.15) is 4.98 Å². The van der Waals surface area contributed by atoms with E-state index in [-0.39, 0.29) is 25.4 Å². The number of hydrogen-bond acceptors (Lipinski definition) is 6. The largest absolute Gasteiger partial charge is 0.337 e. The van der Waals surface area contributed by atoms with Gasteiger partial charge < -0.3 is 9.42 Å². The zero-order valence-electron chi connectivity index (χ0n) is 17.9. The molecule has 0 radical (unpaired) electrons. The molecular weight excluding hydrogens is 416 g/mol. The number of amides is 1. The lowest BCUT2D eigenvalue weighted by molar-refractivity contribution is -0.130. The van der Waals surface area contributed by atoms with E-state index in [9.17, 15) is 13.2 Å². The Bertz CT molecular complexity index is 1130. The first-order valence-electron chi connectivity index (χ1n) is 9.91. The summed E-state index contributed by atoms with van der Waals surface area (Å²) in [5.74, 6) is 0.684. The van der Waals surface area contributed by atoms with E-state index in [0.717, 1.165) is 11.1 Å². The molecule has 1 amide bonds. The van der Waals surface area contributed by atoms with Crippen molar-refractivity contribution in [3.63, 3.8) is 0 Å². The highest BCUT2D eigenvalue weighted by molar-refractivity contribution is 7.92. The van der Waals surface area contributed by atoms with Gasteiger partial charge in [-0.05, 0) is 25.0 Å². The second-order valence-electron chi connectivity index (χ2n) is 7.35. The first kappa shape index (κ1) is 22.5. The molecule has 0 atom stereocenters. The smallest absolute Gasteiger partial charge is 0.246 e. The Labute approximate surface area is 182 Å². The van der Waals surface area contributed by atoms with Gasteiger partial charge in [0.25, 0.3) is 0 Å². The van der Waals surface area contributed by atoms with Gasteiger partial charge in [-0.25, -0.2) is 8.42 Å². The van der Waals surface area contributed by atoms with Crippen molar-refractivity contribution in [3.05, 3.63) is 66.1 Å². The fourth-order valence-electron chi connectivity index (χ4n) is 3.19. The van der Waals surface area contributed by atoms with Crippen LogP contribution in [0.1, 0.15) is 24.3 Å². The highest BCUT2D eigenvalue weighted by Gasteiger charge is 2.20. The van der Waals surface area contributed by atoms with Crippen molar-refractivity contribution >= 4 is 21.6 Å². The molecule has 2 aromatic carbocycles.